The maximum absolute atomic E-state index is 12.0. The van der Waals surface area contributed by atoms with Crippen LogP contribution in [0.4, 0.5) is 4.79 Å². The molecule has 0 unspecified atom stereocenters. The Morgan fingerprint density at radius 2 is 2.22 bits per heavy atom. The molecule has 0 aromatic heterocycles. The average molecular weight is 353 g/mol. The van der Waals surface area contributed by atoms with E-state index in [-0.39, 0.29) is 18.1 Å². The van der Waals surface area contributed by atoms with E-state index in [0.717, 1.165) is 24.8 Å². The number of hydrogen-bond acceptors (Lipinski definition) is 3. The number of fused-ring (bicyclic) bond motifs is 2. The van der Waals surface area contributed by atoms with Gasteiger partial charge in [-0.2, -0.15) is 5.26 Å². The summed E-state index contributed by atoms with van der Waals surface area (Å²) in [5.74, 6) is 0. The fraction of sp³-hybridized carbons (Fsp3) is 0.500. The molecule has 2 aliphatic heterocycles. The minimum Gasteiger partial charge on any atom is -0.338 e. The van der Waals surface area contributed by atoms with E-state index in [9.17, 15) is 4.79 Å². The van der Waals surface area contributed by atoms with Crippen LogP contribution < -0.4 is 10.6 Å². The summed E-state index contributed by atoms with van der Waals surface area (Å²) < 4.78 is 0. The molecule has 3 atom stereocenters. The Bertz CT molecular complexity index is 645. The van der Waals surface area contributed by atoms with Gasteiger partial charge in [0.15, 0.2) is 6.19 Å². The van der Waals surface area contributed by atoms with Crippen molar-refractivity contribution < 1.29 is 4.79 Å². The highest BCUT2D eigenvalue weighted by molar-refractivity contribution is 6.33. The monoisotopic (exact) mass is 352 g/mol. The van der Waals surface area contributed by atoms with Gasteiger partial charge in [-0.1, -0.05) is 23.2 Å². The first-order chi connectivity index (χ1) is 11.1. The molecule has 2 N–H and O–H groups in total. The van der Waals surface area contributed by atoms with Crippen molar-refractivity contribution in [2.45, 2.75) is 43.8 Å². The van der Waals surface area contributed by atoms with Crippen molar-refractivity contribution in [3.05, 3.63) is 33.8 Å². The molecule has 2 saturated heterocycles. The zero-order chi connectivity index (χ0) is 16.4. The van der Waals surface area contributed by atoms with Gasteiger partial charge in [-0.05, 0) is 49.4 Å². The lowest BCUT2D eigenvalue weighted by Crippen LogP contribution is -2.47. The van der Waals surface area contributed by atoms with Crippen LogP contribution in [-0.2, 0) is 6.42 Å². The number of amides is 2. The third kappa shape index (κ3) is 3.49. The van der Waals surface area contributed by atoms with Gasteiger partial charge in [-0.15, -0.1) is 0 Å². The van der Waals surface area contributed by atoms with Crippen LogP contribution >= 0.6 is 23.2 Å². The molecular weight excluding hydrogens is 335 g/mol. The van der Waals surface area contributed by atoms with Gasteiger partial charge < -0.3 is 15.5 Å². The fourth-order valence-corrected chi connectivity index (χ4v) is 3.97. The maximum Gasteiger partial charge on any atom is 0.315 e. The van der Waals surface area contributed by atoms with E-state index in [1.165, 1.54) is 0 Å². The fourth-order valence-electron chi connectivity index (χ4n) is 3.56. The van der Waals surface area contributed by atoms with Crippen molar-refractivity contribution in [3.8, 4) is 6.19 Å². The minimum atomic E-state index is -0.196. The van der Waals surface area contributed by atoms with Crippen LogP contribution in [0, 0.1) is 11.5 Å². The topological polar surface area (TPSA) is 68.2 Å². The molecule has 2 fully saturated rings. The van der Waals surface area contributed by atoms with Crippen molar-refractivity contribution in [1.29, 1.82) is 5.26 Å². The molecule has 0 aliphatic carbocycles. The lowest BCUT2D eigenvalue weighted by atomic mass is 9.96. The third-order valence-electron chi connectivity index (χ3n) is 4.66. The predicted molar refractivity (Wildman–Crippen MR) is 89.4 cm³/mol. The Balaban J connectivity index is 1.46. The largest absolute Gasteiger partial charge is 0.338 e. The van der Waals surface area contributed by atoms with E-state index in [1.54, 1.807) is 12.1 Å². The Kier molecular flexibility index (Phi) is 4.84. The standard InChI is InChI=1S/C16H18Cl2N4O/c17-11-1-3-13(18)10(7-11)5-6-20-16(23)21-14-8-12-2-4-15(14)22(12)9-19/h1,3,7,12,14-15H,2,4-6,8H2,(H2,20,21,23)/t12-,14+,15+/m0/s1. The number of urea groups is 1. The molecule has 122 valence electrons. The molecule has 5 nitrogen and oxygen atoms in total. The normalized spacial score (nSPS) is 25.3. The van der Waals surface area contributed by atoms with Crippen molar-refractivity contribution in [2.75, 3.05) is 6.54 Å². The number of nitrogens with one attached hydrogen (secondary N) is 2. The zero-order valence-corrected chi connectivity index (χ0v) is 14.1. The van der Waals surface area contributed by atoms with Crippen molar-refractivity contribution >= 4 is 29.2 Å². The van der Waals surface area contributed by atoms with Gasteiger partial charge in [-0.3, -0.25) is 0 Å². The number of rotatable bonds is 4. The van der Waals surface area contributed by atoms with Gasteiger partial charge in [0.2, 0.25) is 0 Å². The number of carbonyl (C=O) groups is 1. The Hall–Kier alpha value is -1.64. The molecule has 0 saturated carbocycles. The molecule has 23 heavy (non-hydrogen) atoms. The van der Waals surface area contributed by atoms with E-state index < -0.39 is 0 Å². The first kappa shape index (κ1) is 16.2. The number of carbonyl (C=O) groups excluding carboxylic acids is 1. The predicted octanol–water partition coefficient (Wildman–Crippen LogP) is 2.92. The summed E-state index contributed by atoms with van der Waals surface area (Å²) in [6.07, 6.45) is 5.73. The maximum atomic E-state index is 12.0. The van der Waals surface area contributed by atoms with Crippen molar-refractivity contribution in [2.24, 2.45) is 0 Å². The van der Waals surface area contributed by atoms with Gasteiger partial charge in [0.1, 0.15) is 0 Å². The number of nitrogens with zero attached hydrogens (tertiary/aromatic N) is 2. The van der Waals surface area contributed by atoms with Crippen LogP contribution in [0.2, 0.25) is 10.0 Å². The first-order valence-electron chi connectivity index (χ1n) is 7.75. The SMILES string of the molecule is N#CN1[C@H]2CC[C@@H]1[C@H](NC(=O)NCCc1cc(Cl)ccc1Cl)C2. The van der Waals surface area contributed by atoms with Gasteiger partial charge in [0.25, 0.3) is 0 Å². The molecular formula is C16H18Cl2N4O. The van der Waals surface area contributed by atoms with Crippen LogP contribution in [0.15, 0.2) is 18.2 Å². The quantitative estimate of drug-likeness (QED) is 0.818. The van der Waals surface area contributed by atoms with E-state index >= 15 is 0 Å². The average Bonchev–Trinajstić information content (AvgIpc) is 3.07. The van der Waals surface area contributed by atoms with Crippen LogP contribution in [0.1, 0.15) is 24.8 Å². The van der Waals surface area contributed by atoms with Crippen LogP contribution in [0.25, 0.3) is 0 Å². The molecule has 3 rings (SSSR count). The molecule has 2 bridgehead atoms. The molecule has 2 aliphatic rings. The Morgan fingerprint density at radius 3 is 2.96 bits per heavy atom. The first-order valence-corrected chi connectivity index (χ1v) is 8.50. The summed E-state index contributed by atoms with van der Waals surface area (Å²) in [7, 11) is 0. The summed E-state index contributed by atoms with van der Waals surface area (Å²) in [5.41, 5.74) is 0.912. The number of benzene rings is 1. The third-order valence-corrected chi connectivity index (χ3v) is 5.26. The van der Waals surface area contributed by atoms with Crippen LogP contribution in [-0.4, -0.2) is 35.6 Å². The second kappa shape index (κ2) is 6.86. The number of hydrogen-bond donors (Lipinski definition) is 2. The van der Waals surface area contributed by atoms with Gasteiger partial charge in [-0.25, -0.2) is 4.79 Å². The lowest BCUT2D eigenvalue weighted by Gasteiger charge is -2.22. The van der Waals surface area contributed by atoms with Crippen LogP contribution in [0.3, 0.4) is 0 Å². The number of nitriles is 1. The zero-order valence-electron chi connectivity index (χ0n) is 12.6. The molecule has 1 aromatic carbocycles. The lowest BCUT2D eigenvalue weighted by molar-refractivity contribution is 0.233. The van der Waals surface area contributed by atoms with E-state index in [1.807, 2.05) is 11.0 Å². The smallest absolute Gasteiger partial charge is 0.315 e. The van der Waals surface area contributed by atoms with Gasteiger partial charge in [0.05, 0.1) is 12.1 Å². The van der Waals surface area contributed by atoms with E-state index in [4.69, 9.17) is 28.5 Å². The summed E-state index contributed by atoms with van der Waals surface area (Å²) in [4.78, 5) is 13.9. The molecule has 2 amide bonds. The summed E-state index contributed by atoms with van der Waals surface area (Å²) >= 11 is 12.0. The molecule has 2 heterocycles. The second-order valence-corrected chi connectivity index (χ2v) is 6.88. The van der Waals surface area contributed by atoms with Crippen molar-refractivity contribution in [3.63, 3.8) is 0 Å². The second-order valence-electron chi connectivity index (χ2n) is 6.03. The Morgan fingerprint density at radius 1 is 1.39 bits per heavy atom. The molecule has 0 spiro atoms. The minimum absolute atomic E-state index is 0.0585. The van der Waals surface area contributed by atoms with Crippen molar-refractivity contribution in [1.82, 2.24) is 15.5 Å². The highest BCUT2D eigenvalue weighted by Gasteiger charge is 2.46. The molecule has 1 aromatic rings. The number of halogens is 2. The summed E-state index contributed by atoms with van der Waals surface area (Å²) in [5, 5.41) is 16.2. The Labute approximate surface area is 145 Å². The highest BCUT2D eigenvalue weighted by atomic mass is 35.5. The van der Waals surface area contributed by atoms with E-state index in [2.05, 4.69) is 16.8 Å². The molecule has 0 radical (unpaired) electrons. The summed E-state index contributed by atoms with van der Waals surface area (Å²) in [6, 6.07) is 5.61. The highest BCUT2D eigenvalue weighted by Crippen LogP contribution is 2.36. The van der Waals surface area contributed by atoms with E-state index in [0.29, 0.717) is 29.1 Å². The molecule has 7 heteroatoms. The van der Waals surface area contributed by atoms with Crippen LogP contribution in [0.5, 0.6) is 0 Å². The van der Waals surface area contributed by atoms with Gasteiger partial charge in [0, 0.05) is 22.6 Å². The summed E-state index contributed by atoms with van der Waals surface area (Å²) in [6.45, 7) is 0.481. The van der Waals surface area contributed by atoms with Gasteiger partial charge >= 0.3 is 6.03 Å².